The van der Waals surface area contributed by atoms with Crippen LogP contribution in [-0.4, -0.2) is 23.3 Å². The summed E-state index contributed by atoms with van der Waals surface area (Å²) in [6, 6.07) is 5.51. The van der Waals surface area contributed by atoms with Gasteiger partial charge >= 0.3 is 0 Å². The molecule has 1 heterocycles. The standard InChI is InChI=1S/C19H28N2O3/c1-4-5-6-7-8-9-13-24-18-17(22)14-11-10-12-15(20-2)16(14)21(3)19(18)23/h10-12,20,22H,4-9,13H2,1-3H3. The van der Waals surface area contributed by atoms with Crippen LogP contribution in [0.5, 0.6) is 11.5 Å². The first-order chi connectivity index (χ1) is 11.6. The topological polar surface area (TPSA) is 63.5 Å². The summed E-state index contributed by atoms with van der Waals surface area (Å²) in [6.45, 7) is 2.65. The number of unbranched alkanes of at least 4 members (excludes halogenated alkanes) is 5. The summed E-state index contributed by atoms with van der Waals surface area (Å²) >= 11 is 0. The highest BCUT2D eigenvalue weighted by Crippen LogP contribution is 2.34. The first kappa shape index (κ1) is 18.2. The Balaban J connectivity index is 2.15. The van der Waals surface area contributed by atoms with Gasteiger partial charge in [-0.2, -0.15) is 0 Å². The number of rotatable bonds is 9. The highest BCUT2D eigenvalue weighted by molar-refractivity contribution is 5.96. The fourth-order valence-corrected chi connectivity index (χ4v) is 2.96. The molecule has 0 saturated carbocycles. The first-order valence-corrected chi connectivity index (χ1v) is 8.77. The Morgan fingerprint density at radius 1 is 1.17 bits per heavy atom. The Hall–Kier alpha value is -2.17. The molecule has 24 heavy (non-hydrogen) atoms. The van der Waals surface area contributed by atoms with E-state index in [2.05, 4.69) is 12.2 Å². The van der Waals surface area contributed by atoms with E-state index >= 15 is 0 Å². The van der Waals surface area contributed by atoms with Crippen LogP contribution in [0.4, 0.5) is 5.69 Å². The lowest BCUT2D eigenvalue weighted by Crippen LogP contribution is -2.21. The zero-order valence-electron chi connectivity index (χ0n) is 14.9. The van der Waals surface area contributed by atoms with Crippen LogP contribution in [-0.2, 0) is 7.05 Å². The van der Waals surface area contributed by atoms with Gasteiger partial charge in [-0.3, -0.25) is 4.79 Å². The van der Waals surface area contributed by atoms with Crippen LogP contribution in [0.25, 0.3) is 10.9 Å². The smallest absolute Gasteiger partial charge is 0.297 e. The summed E-state index contributed by atoms with van der Waals surface area (Å²) in [7, 11) is 3.49. The highest BCUT2D eigenvalue weighted by atomic mass is 16.5. The Kier molecular flexibility index (Phi) is 6.53. The molecule has 5 heteroatoms. The van der Waals surface area contributed by atoms with Gasteiger partial charge in [-0.1, -0.05) is 45.1 Å². The number of fused-ring (bicyclic) bond motifs is 1. The van der Waals surface area contributed by atoms with Gasteiger partial charge in [-0.05, 0) is 18.6 Å². The molecule has 1 aromatic carbocycles. The number of nitrogens with one attached hydrogen (secondary N) is 1. The van der Waals surface area contributed by atoms with Crippen LogP contribution in [0, 0.1) is 0 Å². The minimum absolute atomic E-state index is 0.0480. The van der Waals surface area contributed by atoms with Crippen molar-refractivity contribution in [3.05, 3.63) is 28.6 Å². The maximum atomic E-state index is 12.5. The molecule has 132 valence electrons. The number of nitrogens with zero attached hydrogens (tertiary/aromatic N) is 1. The van der Waals surface area contributed by atoms with Gasteiger partial charge in [-0.25, -0.2) is 0 Å². The molecule has 0 atom stereocenters. The maximum Gasteiger partial charge on any atom is 0.297 e. The number of benzene rings is 1. The number of aromatic hydroxyl groups is 1. The van der Waals surface area contributed by atoms with E-state index in [-0.39, 0.29) is 17.1 Å². The second kappa shape index (κ2) is 8.62. The third-order valence-electron chi connectivity index (χ3n) is 4.35. The molecule has 5 nitrogen and oxygen atoms in total. The lowest BCUT2D eigenvalue weighted by Gasteiger charge is -2.15. The van der Waals surface area contributed by atoms with E-state index < -0.39 is 0 Å². The number of hydrogen-bond donors (Lipinski definition) is 2. The highest BCUT2D eigenvalue weighted by Gasteiger charge is 2.17. The van der Waals surface area contributed by atoms with E-state index in [1.54, 1.807) is 20.2 Å². The van der Waals surface area contributed by atoms with Gasteiger partial charge in [0.1, 0.15) is 0 Å². The molecule has 0 unspecified atom stereocenters. The molecule has 2 aromatic rings. The fraction of sp³-hybridized carbons (Fsp3) is 0.526. The van der Waals surface area contributed by atoms with Crippen molar-refractivity contribution in [2.45, 2.75) is 45.4 Å². The van der Waals surface area contributed by atoms with Gasteiger partial charge in [0.25, 0.3) is 5.56 Å². The zero-order chi connectivity index (χ0) is 17.5. The maximum absolute atomic E-state index is 12.5. The van der Waals surface area contributed by atoms with Crippen LogP contribution >= 0.6 is 0 Å². The van der Waals surface area contributed by atoms with E-state index in [1.807, 2.05) is 12.1 Å². The SMILES string of the molecule is CCCCCCCCOc1c(O)c2cccc(NC)c2n(C)c1=O. The number of para-hydroxylation sites is 1. The molecule has 0 spiro atoms. The Morgan fingerprint density at radius 3 is 2.58 bits per heavy atom. The predicted octanol–water partition coefficient (Wildman–Crippen LogP) is 4.03. The van der Waals surface area contributed by atoms with Crippen LogP contribution in [0.3, 0.4) is 0 Å². The zero-order valence-corrected chi connectivity index (χ0v) is 14.9. The molecule has 0 fully saturated rings. The van der Waals surface area contributed by atoms with Crippen LogP contribution in [0.2, 0.25) is 0 Å². The fourth-order valence-electron chi connectivity index (χ4n) is 2.96. The van der Waals surface area contributed by atoms with Crippen molar-refractivity contribution in [2.24, 2.45) is 7.05 Å². The monoisotopic (exact) mass is 332 g/mol. The normalized spacial score (nSPS) is 11.0. The van der Waals surface area contributed by atoms with Crippen molar-refractivity contribution in [2.75, 3.05) is 19.0 Å². The summed E-state index contributed by atoms with van der Waals surface area (Å²) in [6.07, 6.45) is 6.89. The molecule has 0 aliphatic heterocycles. The molecule has 2 N–H and O–H groups in total. The van der Waals surface area contributed by atoms with Gasteiger partial charge in [0.05, 0.1) is 17.8 Å². The van der Waals surface area contributed by atoms with Crippen LogP contribution in [0.15, 0.2) is 23.0 Å². The number of anilines is 1. The third kappa shape index (κ3) is 3.83. The van der Waals surface area contributed by atoms with E-state index in [0.717, 1.165) is 18.5 Å². The lowest BCUT2D eigenvalue weighted by molar-refractivity contribution is 0.284. The van der Waals surface area contributed by atoms with E-state index in [9.17, 15) is 9.90 Å². The number of aromatic nitrogens is 1. The van der Waals surface area contributed by atoms with Crippen molar-refractivity contribution in [1.29, 1.82) is 0 Å². The summed E-state index contributed by atoms with van der Waals surface area (Å²) < 4.78 is 7.16. The van der Waals surface area contributed by atoms with Crippen molar-refractivity contribution in [1.82, 2.24) is 4.57 Å². The first-order valence-electron chi connectivity index (χ1n) is 8.77. The molecule has 0 bridgehead atoms. The lowest BCUT2D eigenvalue weighted by atomic mass is 10.1. The Labute approximate surface area is 143 Å². The molecule has 0 aliphatic carbocycles. The minimum Gasteiger partial charge on any atom is -0.504 e. The number of aryl methyl sites for hydroxylation is 1. The third-order valence-corrected chi connectivity index (χ3v) is 4.35. The minimum atomic E-state index is -0.311. The molecular formula is C19H28N2O3. The quantitative estimate of drug-likeness (QED) is 0.681. The summed E-state index contributed by atoms with van der Waals surface area (Å²) in [4.78, 5) is 12.5. The van der Waals surface area contributed by atoms with E-state index in [1.165, 1.54) is 30.3 Å². The molecule has 0 amide bonds. The van der Waals surface area contributed by atoms with E-state index in [0.29, 0.717) is 17.5 Å². The molecule has 0 saturated heterocycles. The van der Waals surface area contributed by atoms with Gasteiger partial charge in [0.2, 0.25) is 5.75 Å². The Morgan fingerprint density at radius 2 is 1.88 bits per heavy atom. The van der Waals surface area contributed by atoms with Crippen LogP contribution in [0.1, 0.15) is 45.4 Å². The van der Waals surface area contributed by atoms with E-state index in [4.69, 9.17) is 4.74 Å². The largest absolute Gasteiger partial charge is 0.504 e. The number of hydrogen-bond acceptors (Lipinski definition) is 4. The van der Waals surface area contributed by atoms with Crippen molar-refractivity contribution >= 4 is 16.6 Å². The number of ether oxygens (including phenoxy) is 1. The second-order valence-corrected chi connectivity index (χ2v) is 6.11. The Bertz CT molecular complexity index is 737. The van der Waals surface area contributed by atoms with Crippen molar-refractivity contribution in [3.63, 3.8) is 0 Å². The van der Waals surface area contributed by atoms with Crippen molar-refractivity contribution < 1.29 is 9.84 Å². The predicted molar refractivity (Wildman–Crippen MR) is 99.3 cm³/mol. The summed E-state index contributed by atoms with van der Waals surface area (Å²) in [5.74, 6) is -0.0250. The average molecular weight is 332 g/mol. The van der Waals surface area contributed by atoms with Gasteiger partial charge < -0.3 is 19.7 Å². The van der Waals surface area contributed by atoms with Crippen LogP contribution < -0.4 is 15.6 Å². The average Bonchev–Trinajstić information content (AvgIpc) is 2.60. The van der Waals surface area contributed by atoms with Crippen molar-refractivity contribution in [3.8, 4) is 11.5 Å². The molecule has 1 aromatic heterocycles. The summed E-state index contributed by atoms with van der Waals surface area (Å²) in [5, 5.41) is 14.1. The van der Waals surface area contributed by atoms with Gasteiger partial charge in [-0.15, -0.1) is 0 Å². The molecule has 2 rings (SSSR count). The molecule has 0 radical (unpaired) electrons. The molecule has 0 aliphatic rings. The summed E-state index contributed by atoms with van der Waals surface area (Å²) in [5.41, 5.74) is 1.16. The molecular weight excluding hydrogens is 304 g/mol. The van der Waals surface area contributed by atoms with Gasteiger partial charge in [0.15, 0.2) is 5.75 Å². The van der Waals surface area contributed by atoms with Gasteiger partial charge in [0, 0.05) is 19.5 Å². The number of pyridine rings is 1. The second-order valence-electron chi connectivity index (χ2n) is 6.11.